The van der Waals surface area contributed by atoms with Gasteiger partial charge in [0.05, 0.1) is 13.2 Å². The number of methoxy groups -OCH3 is 1. The van der Waals surface area contributed by atoms with Crippen LogP contribution in [-0.2, 0) is 23.8 Å². The van der Waals surface area contributed by atoms with Crippen molar-refractivity contribution in [2.75, 3.05) is 13.7 Å². The first-order chi connectivity index (χ1) is 14.4. The molecule has 2 amide bonds. The molecule has 1 saturated carbocycles. The summed E-state index contributed by atoms with van der Waals surface area (Å²) in [5.74, 6) is -0.837. The van der Waals surface area contributed by atoms with Crippen molar-refractivity contribution in [3.8, 4) is 0 Å². The molecule has 0 aromatic rings. The first-order valence-electron chi connectivity index (χ1n) is 10.4. The second kappa shape index (κ2) is 8.72. The number of amides is 2. The maximum absolute atomic E-state index is 13.5. The molecule has 2 bridgehead atoms. The number of nitrogens with one attached hydrogen (secondary N) is 1. The van der Waals surface area contributed by atoms with Gasteiger partial charge in [-0.2, -0.15) is 8.78 Å². The summed E-state index contributed by atoms with van der Waals surface area (Å²) in [6.45, 7) is 3.32. The summed E-state index contributed by atoms with van der Waals surface area (Å²) in [7, 11) is 1.25. The predicted octanol–water partition coefficient (Wildman–Crippen LogP) is 2.33. The molecule has 1 saturated heterocycles. The van der Waals surface area contributed by atoms with E-state index in [0.717, 1.165) is 6.42 Å². The normalized spacial score (nSPS) is 30.8. The van der Waals surface area contributed by atoms with E-state index in [1.54, 1.807) is 20.8 Å². The number of esters is 1. The quantitative estimate of drug-likeness (QED) is 0.499. The molecule has 1 heterocycles. The summed E-state index contributed by atoms with van der Waals surface area (Å²) >= 11 is 0. The van der Waals surface area contributed by atoms with E-state index in [0.29, 0.717) is 0 Å². The molecule has 0 aromatic carbocycles. The molecule has 31 heavy (non-hydrogen) atoms. The molecule has 0 radical (unpaired) electrons. The largest absolute Gasteiger partial charge is 0.467 e. The Morgan fingerprint density at radius 3 is 2.39 bits per heavy atom. The fourth-order valence-corrected chi connectivity index (χ4v) is 5.10. The monoisotopic (exact) mass is 444 g/mol. The van der Waals surface area contributed by atoms with Crippen LogP contribution in [0.4, 0.5) is 13.6 Å². The van der Waals surface area contributed by atoms with Crippen molar-refractivity contribution in [1.82, 2.24) is 10.2 Å². The Morgan fingerprint density at radius 1 is 1.16 bits per heavy atom. The van der Waals surface area contributed by atoms with E-state index in [1.165, 1.54) is 18.9 Å². The summed E-state index contributed by atoms with van der Waals surface area (Å²) in [5, 5.41) is 2.36. The van der Waals surface area contributed by atoms with Gasteiger partial charge >= 0.3 is 18.7 Å². The van der Waals surface area contributed by atoms with Crippen LogP contribution in [0.5, 0.6) is 0 Å². The number of fused-ring (bicyclic) bond motifs is 5. The second-order valence-electron chi connectivity index (χ2n) is 9.37. The number of likely N-dealkylation sites (tertiary alicyclic amines) is 1. The van der Waals surface area contributed by atoms with Gasteiger partial charge < -0.3 is 24.4 Å². The summed E-state index contributed by atoms with van der Waals surface area (Å²) in [5.41, 5.74) is -0.853. The average Bonchev–Trinajstić information content (AvgIpc) is 3.34. The Bertz CT molecular complexity index is 753. The van der Waals surface area contributed by atoms with E-state index in [9.17, 15) is 23.2 Å². The molecular formula is C21H30F2N2O6. The molecule has 0 spiro atoms. The molecule has 2 fully saturated rings. The van der Waals surface area contributed by atoms with Crippen molar-refractivity contribution in [3.05, 3.63) is 12.2 Å². The van der Waals surface area contributed by atoms with Gasteiger partial charge in [0.15, 0.2) is 0 Å². The molecule has 0 unspecified atom stereocenters. The smallest absolute Gasteiger partial charge is 0.408 e. The third kappa shape index (κ3) is 4.83. The Hall–Kier alpha value is -2.23. The number of alkyl carbamates (subject to hydrolysis) is 1. The van der Waals surface area contributed by atoms with Crippen LogP contribution in [0.2, 0.25) is 0 Å². The number of nitrogens with zero attached hydrogens (tertiary/aromatic N) is 1. The lowest BCUT2D eigenvalue weighted by Crippen LogP contribution is -2.58. The minimum absolute atomic E-state index is 0.0801. The van der Waals surface area contributed by atoms with Crippen molar-refractivity contribution in [2.24, 2.45) is 23.7 Å². The van der Waals surface area contributed by atoms with E-state index >= 15 is 0 Å². The Kier molecular flexibility index (Phi) is 6.59. The molecule has 2 aliphatic carbocycles. The van der Waals surface area contributed by atoms with Crippen molar-refractivity contribution in [2.45, 2.75) is 64.5 Å². The first-order valence-corrected chi connectivity index (χ1v) is 10.4. The lowest BCUT2D eigenvalue weighted by molar-refractivity contribution is -0.174. The van der Waals surface area contributed by atoms with Gasteiger partial charge in [-0.15, -0.1) is 0 Å². The Balaban J connectivity index is 1.85. The zero-order valence-corrected chi connectivity index (χ0v) is 18.3. The van der Waals surface area contributed by atoms with E-state index in [-0.39, 0.29) is 30.2 Å². The second-order valence-corrected chi connectivity index (χ2v) is 9.37. The van der Waals surface area contributed by atoms with Crippen molar-refractivity contribution in [3.63, 3.8) is 0 Å². The summed E-state index contributed by atoms with van der Waals surface area (Å²) in [6, 6.07) is -2.30. The van der Waals surface area contributed by atoms with Crippen LogP contribution in [0.15, 0.2) is 12.2 Å². The third-order valence-corrected chi connectivity index (χ3v) is 6.25. The van der Waals surface area contributed by atoms with Crippen LogP contribution in [-0.4, -0.2) is 66.9 Å². The van der Waals surface area contributed by atoms with Crippen LogP contribution in [0.1, 0.15) is 34.1 Å². The van der Waals surface area contributed by atoms with Gasteiger partial charge in [0.2, 0.25) is 5.91 Å². The highest BCUT2D eigenvalue weighted by Gasteiger charge is 2.59. The van der Waals surface area contributed by atoms with E-state index in [1.807, 2.05) is 0 Å². The Labute approximate surface area is 180 Å². The van der Waals surface area contributed by atoms with Gasteiger partial charge in [0.25, 0.3) is 0 Å². The van der Waals surface area contributed by atoms with Crippen molar-refractivity contribution in [1.29, 1.82) is 0 Å². The number of hydrogen-bond acceptors (Lipinski definition) is 6. The van der Waals surface area contributed by atoms with Gasteiger partial charge in [-0.1, -0.05) is 12.2 Å². The topological polar surface area (TPSA) is 94.2 Å². The molecule has 3 rings (SSSR count). The lowest BCUT2D eigenvalue weighted by Gasteiger charge is -2.33. The van der Waals surface area contributed by atoms with Gasteiger partial charge in [0, 0.05) is 12.5 Å². The molecule has 0 aromatic heterocycles. The SMILES string of the molecule is COC(=O)[C@@H]1[C@@H]2[C@H](CN1C(=O)[C@@H](NC(=O)OC(C)(C)C)[C@@H](C)OC(F)F)[C@@H]1C=C[C@H]2C1. The number of halogens is 2. The van der Waals surface area contributed by atoms with Crippen LogP contribution in [0.3, 0.4) is 0 Å². The van der Waals surface area contributed by atoms with Crippen LogP contribution in [0, 0.1) is 23.7 Å². The average molecular weight is 444 g/mol. The highest BCUT2D eigenvalue weighted by molar-refractivity contribution is 5.91. The Morgan fingerprint density at radius 2 is 1.81 bits per heavy atom. The molecule has 10 heteroatoms. The number of carbonyl (C=O) groups is 3. The number of alkyl halides is 2. The zero-order valence-electron chi connectivity index (χ0n) is 18.3. The van der Waals surface area contributed by atoms with Crippen molar-refractivity contribution < 1.29 is 37.4 Å². The van der Waals surface area contributed by atoms with Gasteiger partial charge in [-0.05, 0) is 51.9 Å². The number of ether oxygens (including phenoxy) is 3. The molecule has 1 aliphatic heterocycles. The van der Waals surface area contributed by atoms with Crippen LogP contribution >= 0.6 is 0 Å². The highest BCUT2D eigenvalue weighted by atomic mass is 19.3. The molecule has 8 nitrogen and oxygen atoms in total. The molecule has 7 atom stereocenters. The molecule has 1 N–H and O–H groups in total. The fraction of sp³-hybridized carbons (Fsp3) is 0.762. The van der Waals surface area contributed by atoms with E-state index in [4.69, 9.17) is 9.47 Å². The number of rotatable bonds is 6. The van der Waals surface area contributed by atoms with E-state index in [2.05, 4.69) is 22.2 Å². The van der Waals surface area contributed by atoms with Gasteiger partial charge in [0.1, 0.15) is 17.7 Å². The van der Waals surface area contributed by atoms with Crippen LogP contribution in [0.25, 0.3) is 0 Å². The lowest BCUT2D eigenvalue weighted by atomic mass is 9.82. The van der Waals surface area contributed by atoms with Gasteiger partial charge in [-0.3, -0.25) is 4.79 Å². The third-order valence-electron chi connectivity index (χ3n) is 6.25. The first kappa shape index (κ1) is 23.4. The molecular weight excluding hydrogens is 414 g/mol. The number of carbonyl (C=O) groups excluding carboxylic acids is 3. The zero-order chi connectivity index (χ0) is 23.1. The van der Waals surface area contributed by atoms with E-state index < -0.39 is 48.4 Å². The number of hydrogen-bond donors (Lipinski definition) is 1. The van der Waals surface area contributed by atoms with Gasteiger partial charge in [-0.25, -0.2) is 9.59 Å². The number of allylic oxidation sites excluding steroid dienone is 2. The predicted molar refractivity (Wildman–Crippen MR) is 105 cm³/mol. The molecule has 3 aliphatic rings. The summed E-state index contributed by atoms with van der Waals surface area (Å²) < 4.78 is 40.4. The minimum Gasteiger partial charge on any atom is -0.467 e. The maximum atomic E-state index is 13.5. The maximum Gasteiger partial charge on any atom is 0.408 e. The van der Waals surface area contributed by atoms with Crippen LogP contribution < -0.4 is 5.32 Å². The fourth-order valence-electron chi connectivity index (χ4n) is 5.10. The molecule has 174 valence electrons. The highest BCUT2D eigenvalue weighted by Crippen LogP contribution is 2.54. The standard InChI is InChI=1S/C21H30F2N2O6/c1-10(30-19(22)23)15(24-20(28)31-21(2,3)4)17(26)25-9-13-11-6-7-12(8-11)14(13)16(25)18(27)29-5/h6-7,10-16,19H,8-9H2,1-5H3,(H,24,28)/t10-,11-,12+,13-,14+,15+,16+/m1/s1. The summed E-state index contributed by atoms with van der Waals surface area (Å²) in [4.78, 5) is 39.8. The van der Waals surface area contributed by atoms with Crippen molar-refractivity contribution >= 4 is 18.0 Å². The minimum atomic E-state index is -3.14. The summed E-state index contributed by atoms with van der Waals surface area (Å²) in [6.07, 6.45) is 2.80.